The fourth-order valence-electron chi connectivity index (χ4n) is 5.03. The SMILES string of the molecule is O=C(NCc1ccc2ncnn2c1)N1CCCC2(CCN(Cc3ccc(Cl)c(Cl)c3)C2)C1. The number of likely N-dealkylation sites (tertiary alicyclic amines) is 2. The molecule has 5 rings (SSSR count). The summed E-state index contributed by atoms with van der Waals surface area (Å²) in [6.45, 7) is 4.98. The predicted octanol–water partition coefficient (Wildman–Crippen LogP) is 4.23. The Balaban J connectivity index is 1.17. The molecule has 3 aromatic rings. The Morgan fingerprint density at radius 2 is 1.94 bits per heavy atom. The van der Waals surface area contributed by atoms with Gasteiger partial charge in [0, 0.05) is 44.3 Å². The Bertz CT molecular complexity index is 1130. The van der Waals surface area contributed by atoms with Gasteiger partial charge in [0.05, 0.1) is 10.0 Å². The van der Waals surface area contributed by atoms with Gasteiger partial charge in [-0.05, 0) is 55.1 Å². The number of halogens is 2. The van der Waals surface area contributed by atoms with Crippen LogP contribution < -0.4 is 5.32 Å². The van der Waals surface area contributed by atoms with Crippen molar-refractivity contribution in [2.45, 2.75) is 32.4 Å². The Morgan fingerprint density at radius 3 is 2.81 bits per heavy atom. The fraction of sp³-hybridized carbons (Fsp3) is 0.435. The van der Waals surface area contributed by atoms with Crippen molar-refractivity contribution < 1.29 is 4.79 Å². The van der Waals surface area contributed by atoms with E-state index in [1.165, 1.54) is 11.9 Å². The average Bonchev–Trinajstić information content (AvgIpc) is 3.41. The smallest absolute Gasteiger partial charge is 0.317 e. The molecule has 0 aliphatic carbocycles. The first-order valence-corrected chi connectivity index (χ1v) is 11.7. The molecule has 1 N–H and O–H groups in total. The van der Waals surface area contributed by atoms with Gasteiger partial charge < -0.3 is 10.2 Å². The van der Waals surface area contributed by atoms with E-state index in [0.29, 0.717) is 16.6 Å². The minimum Gasteiger partial charge on any atom is -0.334 e. The van der Waals surface area contributed by atoms with Crippen LogP contribution in [0.3, 0.4) is 0 Å². The van der Waals surface area contributed by atoms with Gasteiger partial charge >= 0.3 is 6.03 Å². The van der Waals surface area contributed by atoms with E-state index >= 15 is 0 Å². The van der Waals surface area contributed by atoms with Gasteiger partial charge in [0.2, 0.25) is 0 Å². The molecule has 2 saturated heterocycles. The van der Waals surface area contributed by atoms with Crippen LogP contribution in [0.25, 0.3) is 5.65 Å². The van der Waals surface area contributed by atoms with Crippen LogP contribution in [0.2, 0.25) is 10.0 Å². The highest BCUT2D eigenvalue weighted by Crippen LogP contribution is 2.39. The number of benzene rings is 1. The lowest BCUT2D eigenvalue weighted by molar-refractivity contribution is 0.107. The number of hydrogen-bond donors (Lipinski definition) is 1. The standard InChI is InChI=1S/C23H26Cl2N6O/c24-19-4-2-17(10-20(19)25)12-29-9-7-23(14-29)6-1-8-30(15-23)22(32)26-11-18-3-5-21-27-16-28-31(21)13-18/h2-5,10,13,16H,1,6-9,11-12,14-15H2,(H,26,32). The van der Waals surface area contributed by atoms with Crippen molar-refractivity contribution in [3.63, 3.8) is 0 Å². The van der Waals surface area contributed by atoms with Crippen LogP contribution >= 0.6 is 23.2 Å². The lowest BCUT2D eigenvalue weighted by Crippen LogP contribution is -2.50. The van der Waals surface area contributed by atoms with Crippen molar-refractivity contribution in [1.82, 2.24) is 29.7 Å². The number of piperidine rings is 1. The molecule has 0 radical (unpaired) electrons. The predicted molar refractivity (Wildman–Crippen MR) is 125 cm³/mol. The maximum Gasteiger partial charge on any atom is 0.317 e. The van der Waals surface area contributed by atoms with E-state index in [-0.39, 0.29) is 11.4 Å². The molecule has 0 saturated carbocycles. The number of carbonyl (C=O) groups excluding carboxylic acids is 1. The van der Waals surface area contributed by atoms with Gasteiger partial charge in [0.1, 0.15) is 6.33 Å². The Labute approximate surface area is 197 Å². The molecule has 7 nitrogen and oxygen atoms in total. The van der Waals surface area contributed by atoms with Gasteiger partial charge in [-0.1, -0.05) is 35.3 Å². The van der Waals surface area contributed by atoms with E-state index in [1.54, 1.807) is 4.52 Å². The molecule has 1 aromatic carbocycles. The average molecular weight is 473 g/mol. The zero-order valence-corrected chi connectivity index (χ0v) is 19.3. The van der Waals surface area contributed by atoms with Crippen LogP contribution in [-0.4, -0.2) is 56.6 Å². The molecule has 4 heterocycles. The molecule has 2 aliphatic heterocycles. The third-order valence-electron chi connectivity index (χ3n) is 6.64. The number of carbonyl (C=O) groups is 1. The van der Waals surface area contributed by atoms with Gasteiger partial charge in [0.25, 0.3) is 0 Å². The van der Waals surface area contributed by atoms with Crippen LogP contribution in [0.15, 0.2) is 42.9 Å². The van der Waals surface area contributed by atoms with E-state index in [9.17, 15) is 4.79 Å². The highest BCUT2D eigenvalue weighted by atomic mass is 35.5. The maximum absolute atomic E-state index is 12.9. The summed E-state index contributed by atoms with van der Waals surface area (Å²) >= 11 is 12.2. The normalized spacial score (nSPS) is 21.5. The third kappa shape index (κ3) is 4.56. The number of hydrogen-bond acceptors (Lipinski definition) is 4. The maximum atomic E-state index is 12.9. The number of fused-ring (bicyclic) bond motifs is 1. The lowest BCUT2D eigenvalue weighted by atomic mass is 9.79. The fourth-order valence-corrected chi connectivity index (χ4v) is 5.35. The third-order valence-corrected chi connectivity index (χ3v) is 7.37. The second-order valence-electron chi connectivity index (χ2n) is 8.99. The van der Waals surface area contributed by atoms with E-state index < -0.39 is 0 Å². The van der Waals surface area contributed by atoms with Crippen molar-refractivity contribution in [2.75, 3.05) is 26.2 Å². The number of rotatable bonds is 4. The first kappa shape index (κ1) is 21.5. The molecule has 0 bridgehead atoms. The lowest BCUT2D eigenvalue weighted by Gasteiger charge is -2.40. The summed E-state index contributed by atoms with van der Waals surface area (Å²) in [7, 11) is 0. The minimum absolute atomic E-state index is 0.00527. The first-order valence-electron chi connectivity index (χ1n) is 11.0. The molecule has 168 valence electrons. The molecular weight excluding hydrogens is 447 g/mol. The summed E-state index contributed by atoms with van der Waals surface area (Å²) in [5.74, 6) is 0. The van der Waals surface area contributed by atoms with Crippen molar-refractivity contribution in [1.29, 1.82) is 0 Å². The Kier molecular flexibility index (Phi) is 5.97. The summed E-state index contributed by atoms with van der Waals surface area (Å²) in [5.41, 5.74) is 3.14. The van der Waals surface area contributed by atoms with Crippen LogP contribution in [0.5, 0.6) is 0 Å². The number of nitrogens with zero attached hydrogens (tertiary/aromatic N) is 5. The summed E-state index contributed by atoms with van der Waals surface area (Å²) in [6, 6.07) is 9.73. The monoisotopic (exact) mass is 472 g/mol. The molecule has 1 spiro atoms. The second kappa shape index (κ2) is 8.89. The molecule has 2 fully saturated rings. The molecule has 1 atom stereocenters. The van der Waals surface area contributed by atoms with Crippen LogP contribution in [-0.2, 0) is 13.1 Å². The topological polar surface area (TPSA) is 65.8 Å². The summed E-state index contributed by atoms with van der Waals surface area (Å²) in [4.78, 5) is 21.5. The number of amides is 2. The molecular formula is C23H26Cl2N6O. The van der Waals surface area contributed by atoms with Crippen molar-refractivity contribution >= 4 is 34.9 Å². The zero-order chi connectivity index (χ0) is 22.1. The van der Waals surface area contributed by atoms with Crippen molar-refractivity contribution in [3.8, 4) is 0 Å². The summed E-state index contributed by atoms with van der Waals surface area (Å²) in [6.07, 6.45) is 6.74. The van der Waals surface area contributed by atoms with Crippen molar-refractivity contribution in [2.24, 2.45) is 5.41 Å². The van der Waals surface area contributed by atoms with Gasteiger partial charge in [-0.2, -0.15) is 5.10 Å². The molecule has 32 heavy (non-hydrogen) atoms. The van der Waals surface area contributed by atoms with E-state index in [1.807, 2.05) is 41.4 Å². The molecule has 2 amide bonds. The highest BCUT2D eigenvalue weighted by Gasteiger charge is 2.42. The van der Waals surface area contributed by atoms with Gasteiger partial charge in [-0.25, -0.2) is 14.3 Å². The number of pyridine rings is 1. The summed E-state index contributed by atoms with van der Waals surface area (Å²) in [5, 5.41) is 8.42. The number of urea groups is 1. The largest absolute Gasteiger partial charge is 0.334 e. The molecule has 2 aromatic heterocycles. The Morgan fingerprint density at radius 1 is 1.06 bits per heavy atom. The highest BCUT2D eigenvalue weighted by molar-refractivity contribution is 6.42. The summed E-state index contributed by atoms with van der Waals surface area (Å²) < 4.78 is 1.72. The molecule has 9 heteroatoms. The molecule has 2 aliphatic rings. The first-order chi connectivity index (χ1) is 15.5. The molecule has 1 unspecified atom stereocenters. The van der Waals surface area contributed by atoms with Crippen LogP contribution in [0, 0.1) is 5.41 Å². The van der Waals surface area contributed by atoms with E-state index in [2.05, 4.69) is 20.3 Å². The van der Waals surface area contributed by atoms with Gasteiger partial charge in [-0.15, -0.1) is 0 Å². The number of nitrogens with one attached hydrogen (secondary N) is 1. The second-order valence-corrected chi connectivity index (χ2v) is 9.81. The zero-order valence-electron chi connectivity index (χ0n) is 17.8. The van der Waals surface area contributed by atoms with Gasteiger partial charge in [-0.3, -0.25) is 4.90 Å². The number of aromatic nitrogens is 3. The van der Waals surface area contributed by atoms with Crippen LogP contribution in [0.4, 0.5) is 4.79 Å². The van der Waals surface area contributed by atoms with E-state index in [0.717, 1.165) is 63.2 Å². The minimum atomic E-state index is 0.00527. The van der Waals surface area contributed by atoms with E-state index in [4.69, 9.17) is 23.2 Å². The van der Waals surface area contributed by atoms with Crippen LogP contribution in [0.1, 0.15) is 30.4 Å². The van der Waals surface area contributed by atoms with Gasteiger partial charge in [0.15, 0.2) is 5.65 Å². The quantitative estimate of drug-likeness (QED) is 0.616. The Hall–Kier alpha value is -2.35. The van der Waals surface area contributed by atoms with Crippen molar-refractivity contribution in [3.05, 3.63) is 64.0 Å².